The van der Waals surface area contributed by atoms with E-state index in [1.54, 1.807) is 10.9 Å². The van der Waals surface area contributed by atoms with Gasteiger partial charge in [0.1, 0.15) is 6.61 Å². The van der Waals surface area contributed by atoms with Gasteiger partial charge in [-0.25, -0.2) is 4.79 Å². The summed E-state index contributed by atoms with van der Waals surface area (Å²) in [5.74, 6) is -0.0634. The number of aromatic amines is 1. The molecule has 1 aromatic heterocycles. The lowest BCUT2D eigenvalue weighted by Crippen LogP contribution is -3.00. The Kier molecular flexibility index (Phi) is 8.29. The summed E-state index contributed by atoms with van der Waals surface area (Å²) in [6.45, 7) is 7.77. The minimum atomic E-state index is -0.391. The zero-order chi connectivity index (χ0) is 16.7. The molecule has 0 aliphatic heterocycles. The number of H-pyrrole nitrogens is 1. The quantitative estimate of drug-likeness (QED) is 0.445. The summed E-state index contributed by atoms with van der Waals surface area (Å²) < 4.78 is 7.10. The largest absolute Gasteiger partial charge is 1.00 e. The van der Waals surface area contributed by atoms with Crippen LogP contribution in [0.1, 0.15) is 29.8 Å². The second-order valence-electron chi connectivity index (χ2n) is 5.34. The Morgan fingerprint density at radius 1 is 1.25 bits per heavy atom. The van der Waals surface area contributed by atoms with E-state index in [9.17, 15) is 4.79 Å². The van der Waals surface area contributed by atoms with Gasteiger partial charge in [-0.1, -0.05) is 44.2 Å². The van der Waals surface area contributed by atoms with E-state index in [4.69, 9.17) is 10.5 Å². The first kappa shape index (κ1) is 20.0. The smallest absolute Gasteiger partial charge is 0.348 e. The van der Waals surface area contributed by atoms with Crippen LogP contribution in [-0.4, -0.2) is 42.2 Å². The predicted molar refractivity (Wildman–Crippen MR) is 89.0 cm³/mol. The van der Waals surface area contributed by atoms with Crippen LogP contribution in [0.4, 0.5) is 5.82 Å². The molecule has 0 unspecified atom stereocenters. The van der Waals surface area contributed by atoms with Crippen LogP contribution in [0.2, 0.25) is 0 Å². The van der Waals surface area contributed by atoms with Crippen LogP contribution < -0.4 is 22.8 Å². The van der Waals surface area contributed by atoms with Gasteiger partial charge in [-0.15, -0.1) is 9.78 Å². The van der Waals surface area contributed by atoms with Gasteiger partial charge in [0.15, 0.2) is 17.9 Å². The van der Waals surface area contributed by atoms with E-state index < -0.39 is 5.97 Å². The topological polar surface area (TPSA) is 75.2 Å². The Bertz CT molecular complexity index is 627. The summed E-state index contributed by atoms with van der Waals surface area (Å²) in [6.07, 6.45) is 1.70. The zero-order valence-electron chi connectivity index (χ0n) is 14.2. The van der Waals surface area contributed by atoms with Crippen molar-refractivity contribution in [2.45, 2.75) is 20.4 Å². The number of likely N-dealkylation sites (N-methyl/N-ethyl adjacent to an activating group) is 1. The van der Waals surface area contributed by atoms with Gasteiger partial charge < -0.3 is 27.8 Å². The number of anilines is 1. The Morgan fingerprint density at radius 3 is 2.54 bits per heavy atom. The number of hydrogen-bond donors (Lipinski definition) is 2. The number of carbonyl (C=O) groups excluding carboxylic acids is 1. The van der Waals surface area contributed by atoms with Crippen molar-refractivity contribution >= 4 is 11.8 Å². The molecule has 2 rings (SSSR count). The van der Waals surface area contributed by atoms with Crippen molar-refractivity contribution in [3.63, 3.8) is 0 Å². The van der Waals surface area contributed by atoms with Gasteiger partial charge in [0.2, 0.25) is 6.20 Å². The lowest BCUT2D eigenvalue weighted by Gasteiger charge is -2.17. The van der Waals surface area contributed by atoms with Crippen LogP contribution in [0, 0.1) is 0 Å². The summed E-state index contributed by atoms with van der Waals surface area (Å²) in [4.78, 5) is 14.3. The van der Waals surface area contributed by atoms with Gasteiger partial charge >= 0.3 is 5.97 Å². The summed E-state index contributed by atoms with van der Waals surface area (Å²) in [5.41, 5.74) is 7.39. The van der Waals surface area contributed by atoms with Crippen LogP contribution in [-0.2, 0) is 11.3 Å². The highest BCUT2D eigenvalue weighted by Gasteiger charge is 2.20. The van der Waals surface area contributed by atoms with Gasteiger partial charge in [0.25, 0.3) is 0 Å². The number of nitrogens with two attached hydrogens (primary N) is 1. The number of rotatable bonds is 8. The fourth-order valence-electron chi connectivity index (χ4n) is 2.39. The maximum absolute atomic E-state index is 12.1. The van der Waals surface area contributed by atoms with Crippen molar-refractivity contribution in [1.29, 1.82) is 0 Å². The first-order chi connectivity index (χ1) is 11.1. The Morgan fingerprint density at radius 2 is 1.92 bits per heavy atom. The molecule has 0 atom stereocenters. The van der Waals surface area contributed by atoms with Crippen LogP contribution in [0.25, 0.3) is 0 Å². The second-order valence-corrected chi connectivity index (χ2v) is 5.34. The van der Waals surface area contributed by atoms with Gasteiger partial charge in [-0.05, 0) is 13.1 Å². The first-order valence-electron chi connectivity index (χ1n) is 7.95. The van der Waals surface area contributed by atoms with E-state index in [1.807, 2.05) is 30.3 Å². The first-order valence-corrected chi connectivity index (χ1v) is 7.95. The molecule has 0 spiro atoms. The van der Waals surface area contributed by atoms with Crippen molar-refractivity contribution in [2.75, 3.05) is 32.0 Å². The average molecular weight is 353 g/mol. The Labute approximate surface area is 149 Å². The molecule has 0 aliphatic carbocycles. The third kappa shape index (κ3) is 5.54. The molecule has 2 aromatic rings. The van der Waals surface area contributed by atoms with Crippen molar-refractivity contribution < 1.29 is 26.6 Å². The number of halogens is 1. The number of nitrogens with one attached hydrogen (secondary N) is 1. The molecule has 0 aliphatic rings. The monoisotopic (exact) mass is 352 g/mol. The Balaban J connectivity index is 0.00000288. The number of hydrogen-bond acceptors (Lipinski definition) is 4. The Hall–Kier alpha value is -2.05. The highest BCUT2D eigenvalue weighted by atomic mass is 35.5. The molecule has 0 fully saturated rings. The third-order valence-electron chi connectivity index (χ3n) is 3.79. The van der Waals surface area contributed by atoms with E-state index in [2.05, 4.69) is 23.8 Å². The minimum Gasteiger partial charge on any atom is -1.00 e. The van der Waals surface area contributed by atoms with Crippen molar-refractivity contribution in [3.8, 4) is 0 Å². The van der Waals surface area contributed by atoms with Crippen molar-refractivity contribution in [2.24, 2.45) is 0 Å². The zero-order valence-corrected chi connectivity index (χ0v) is 14.9. The highest BCUT2D eigenvalue weighted by molar-refractivity contribution is 5.93. The normalized spacial score (nSPS) is 10.5. The number of aromatic nitrogens is 2. The fourth-order valence-corrected chi connectivity index (χ4v) is 2.39. The van der Waals surface area contributed by atoms with E-state index in [-0.39, 0.29) is 12.4 Å². The van der Waals surface area contributed by atoms with Crippen LogP contribution in [0.3, 0.4) is 0 Å². The maximum Gasteiger partial charge on any atom is 0.348 e. The molecule has 24 heavy (non-hydrogen) atoms. The molecule has 0 radical (unpaired) electrons. The molecular weight excluding hydrogens is 328 g/mol. The SMILES string of the molecule is CCN(CC)CCOC(=O)c1c[n+](Cc2ccccc2)[nH]c1N.[Cl-]. The van der Waals surface area contributed by atoms with Crippen molar-refractivity contribution in [1.82, 2.24) is 10.00 Å². The van der Waals surface area contributed by atoms with Crippen LogP contribution in [0.5, 0.6) is 0 Å². The summed E-state index contributed by atoms with van der Waals surface area (Å²) in [5, 5.41) is 2.98. The number of nitrogens with zero attached hydrogens (tertiary/aromatic N) is 2. The molecule has 0 saturated carbocycles. The molecule has 132 valence electrons. The van der Waals surface area contributed by atoms with E-state index >= 15 is 0 Å². The molecule has 6 nitrogen and oxygen atoms in total. The number of ether oxygens (including phenoxy) is 1. The van der Waals surface area contributed by atoms with E-state index in [1.165, 1.54) is 0 Å². The van der Waals surface area contributed by atoms with Crippen LogP contribution in [0.15, 0.2) is 36.5 Å². The maximum atomic E-state index is 12.1. The number of benzene rings is 1. The summed E-state index contributed by atoms with van der Waals surface area (Å²) >= 11 is 0. The molecular formula is C17H25ClN4O2. The highest BCUT2D eigenvalue weighted by Crippen LogP contribution is 2.08. The molecule has 1 aromatic carbocycles. The lowest BCUT2D eigenvalue weighted by molar-refractivity contribution is -0.741. The number of esters is 1. The second kappa shape index (κ2) is 9.95. The summed E-state index contributed by atoms with van der Waals surface area (Å²) in [7, 11) is 0. The molecule has 0 saturated heterocycles. The lowest BCUT2D eigenvalue weighted by atomic mass is 10.2. The van der Waals surface area contributed by atoms with Crippen molar-refractivity contribution in [3.05, 3.63) is 47.7 Å². The van der Waals surface area contributed by atoms with E-state index in [0.717, 1.165) is 25.2 Å². The number of nitrogen functional groups attached to an aromatic ring is 1. The van der Waals surface area contributed by atoms with Gasteiger partial charge in [-0.3, -0.25) is 0 Å². The van der Waals surface area contributed by atoms with Gasteiger partial charge in [-0.2, -0.15) is 0 Å². The summed E-state index contributed by atoms with van der Waals surface area (Å²) in [6, 6.07) is 9.96. The molecule has 0 amide bonds. The standard InChI is InChI=1S/C17H24N4O2.ClH/c1-3-20(4-2)10-11-23-17(22)15-13-21(19-16(15)18)12-14-8-6-5-7-9-14;/h5-9,13H,3-4,10-12H2,1-2H3,(H2,18,19);1H. The fraction of sp³-hybridized carbons (Fsp3) is 0.412. The van der Waals surface area contributed by atoms with Gasteiger partial charge in [0.05, 0.1) is 0 Å². The predicted octanol–water partition coefficient (Wildman–Crippen LogP) is -1.56. The molecule has 7 heteroatoms. The van der Waals surface area contributed by atoms with E-state index in [0.29, 0.717) is 24.5 Å². The average Bonchev–Trinajstić information content (AvgIpc) is 2.93. The van der Waals surface area contributed by atoms with Crippen LogP contribution >= 0.6 is 0 Å². The third-order valence-corrected chi connectivity index (χ3v) is 3.79. The number of carbonyl (C=O) groups is 1. The minimum absolute atomic E-state index is 0. The molecule has 0 bridgehead atoms. The van der Waals surface area contributed by atoms with Gasteiger partial charge in [0, 0.05) is 12.1 Å². The molecule has 1 heterocycles. The molecule has 3 N–H and O–H groups in total.